The van der Waals surface area contributed by atoms with Crippen molar-refractivity contribution < 1.29 is 13.5 Å². The van der Waals surface area contributed by atoms with Gasteiger partial charge in [0.15, 0.2) is 0 Å². The summed E-state index contributed by atoms with van der Waals surface area (Å²) in [6.45, 7) is -0.176. The van der Waals surface area contributed by atoms with Crippen molar-refractivity contribution in [3.8, 4) is 0 Å². The van der Waals surface area contributed by atoms with Crippen LogP contribution in [0.1, 0.15) is 9.75 Å². The van der Waals surface area contributed by atoms with Crippen molar-refractivity contribution in [1.82, 2.24) is 13.5 Å². The lowest BCUT2D eigenvalue weighted by atomic mass is 10.0. The summed E-state index contributed by atoms with van der Waals surface area (Å²) in [6, 6.07) is 12.1. The van der Waals surface area contributed by atoms with Crippen LogP contribution in [0.3, 0.4) is 0 Å². The van der Waals surface area contributed by atoms with Gasteiger partial charge in [-0.1, -0.05) is 18.2 Å². The summed E-state index contributed by atoms with van der Waals surface area (Å²) < 4.78 is 36.4. The second-order valence-electron chi connectivity index (χ2n) is 5.53. The summed E-state index contributed by atoms with van der Waals surface area (Å²) >= 11 is 3.72. The molecule has 0 radical (unpaired) electrons. The van der Waals surface area contributed by atoms with E-state index in [-0.39, 0.29) is 11.4 Å². The molecule has 2 N–H and O–H groups in total. The molecule has 0 amide bonds. The number of sulfonamides is 1. The second kappa shape index (κ2) is 6.80. The average Bonchev–Trinajstić information content (AvgIpc) is 3.41. The van der Waals surface area contributed by atoms with Crippen molar-refractivity contribution in [3.05, 3.63) is 63.0 Å². The zero-order valence-corrected chi connectivity index (χ0v) is 16.5. The van der Waals surface area contributed by atoms with E-state index in [9.17, 15) is 13.5 Å². The van der Waals surface area contributed by atoms with Crippen LogP contribution in [0.4, 0.5) is 0 Å². The van der Waals surface area contributed by atoms with Gasteiger partial charge in [0, 0.05) is 16.3 Å². The minimum atomic E-state index is -3.87. The van der Waals surface area contributed by atoms with Gasteiger partial charge in [-0.25, -0.2) is 13.1 Å². The lowest BCUT2D eigenvalue weighted by Gasteiger charge is -2.26. The smallest absolute Gasteiger partial charge is 0.242 e. The van der Waals surface area contributed by atoms with Crippen molar-refractivity contribution in [2.45, 2.75) is 10.5 Å². The Morgan fingerprint density at radius 1 is 1.00 bits per heavy atom. The molecule has 0 bridgehead atoms. The maximum Gasteiger partial charge on any atom is 0.242 e. The number of hydrogen-bond acceptors (Lipinski definition) is 8. The first-order valence-corrected chi connectivity index (χ1v) is 11.5. The van der Waals surface area contributed by atoms with Crippen LogP contribution in [-0.4, -0.2) is 28.8 Å². The van der Waals surface area contributed by atoms with Gasteiger partial charge in [0.1, 0.15) is 21.5 Å². The molecule has 0 unspecified atom stereocenters. The summed E-state index contributed by atoms with van der Waals surface area (Å²) in [6.07, 6.45) is 0. The maximum absolute atomic E-state index is 12.9. The molecule has 3 heterocycles. The Kier molecular flexibility index (Phi) is 4.63. The summed E-state index contributed by atoms with van der Waals surface area (Å²) in [4.78, 5) is 1.41. The third-order valence-corrected chi connectivity index (χ3v) is 7.93. The van der Waals surface area contributed by atoms with E-state index in [0.29, 0.717) is 20.8 Å². The van der Waals surface area contributed by atoms with Gasteiger partial charge in [0.05, 0.1) is 11.7 Å². The van der Waals surface area contributed by atoms with Gasteiger partial charge in [0.2, 0.25) is 10.0 Å². The number of benzene rings is 1. The van der Waals surface area contributed by atoms with Crippen molar-refractivity contribution in [1.29, 1.82) is 0 Å². The molecule has 0 saturated heterocycles. The molecule has 3 aromatic heterocycles. The first-order chi connectivity index (χ1) is 12.5. The van der Waals surface area contributed by atoms with Gasteiger partial charge >= 0.3 is 0 Å². The van der Waals surface area contributed by atoms with Gasteiger partial charge in [-0.15, -0.1) is 22.7 Å². The number of thiophene rings is 2. The summed E-state index contributed by atoms with van der Waals surface area (Å²) in [7, 11) is -3.87. The molecule has 0 aliphatic heterocycles. The maximum atomic E-state index is 12.9. The molecule has 26 heavy (non-hydrogen) atoms. The molecule has 6 nitrogen and oxygen atoms in total. The highest BCUT2D eigenvalue weighted by molar-refractivity contribution is 7.89. The van der Waals surface area contributed by atoms with Crippen LogP contribution in [0.15, 0.2) is 58.1 Å². The van der Waals surface area contributed by atoms with E-state index in [0.717, 1.165) is 11.7 Å². The molecule has 4 aromatic rings. The van der Waals surface area contributed by atoms with E-state index in [1.54, 1.807) is 24.3 Å². The molecule has 0 saturated carbocycles. The van der Waals surface area contributed by atoms with E-state index in [1.165, 1.54) is 28.7 Å². The summed E-state index contributed by atoms with van der Waals surface area (Å²) in [5.74, 6) is 0. The van der Waals surface area contributed by atoms with Crippen molar-refractivity contribution in [2.75, 3.05) is 6.54 Å². The first kappa shape index (κ1) is 17.7. The molecular formula is C16H13N3O3S4. The van der Waals surface area contributed by atoms with Gasteiger partial charge in [0.25, 0.3) is 0 Å². The van der Waals surface area contributed by atoms with Crippen LogP contribution in [0.2, 0.25) is 0 Å². The number of aliphatic hydroxyl groups is 1. The normalized spacial score (nSPS) is 12.7. The number of rotatable bonds is 6. The van der Waals surface area contributed by atoms with E-state index in [2.05, 4.69) is 13.5 Å². The van der Waals surface area contributed by atoms with Gasteiger partial charge in [-0.3, -0.25) is 0 Å². The Balaban J connectivity index is 1.69. The fourth-order valence-electron chi connectivity index (χ4n) is 2.60. The lowest BCUT2D eigenvalue weighted by molar-refractivity contribution is 0.0937. The number of fused-ring (bicyclic) bond motifs is 1. The van der Waals surface area contributed by atoms with Crippen molar-refractivity contribution in [3.63, 3.8) is 0 Å². The van der Waals surface area contributed by atoms with Gasteiger partial charge < -0.3 is 5.11 Å². The summed E-state index contributed by atoms with van der Waals surface area (Å²) in [5, 5.41) is 15.0. The van der Waals surface area contributed by atoms with E-state index >= 15 is 0 Å². The molecule has 10 heteroatoms. The highest BCUT2D eigenvalue weighted by atomic mass is 32.2. The molecule has 0 aliphatic carbocycles. The molecular weight excluding hydrogens is 410 g/mol. The molecule has 0 atom stereocenters. The predicted molar refractivity (Wildman–Crippen MR) is 104 cm³/mol. The lowest BCUT2D eigenvalue weighted by Crippen LogP contribution is -2.40. The molecule has 134 valence electrons. The zero-order chi connectivity index (χ0) is 18.2. The second-order valence-corrected chi connectivity index (χ2v) is 9.69. The largest absolute Gasteiger partial charge is 0.377 e. The molecule has 4 rings (SSSR count). The van der Waals surface area contributed by atoms with Crippen molar-refractivity contribution >= 4 is 55.5 Å². The zero-order valence-electron chi connectivity index (χ0n) is 13.2. The van der Waals surface area contributed by atoms with Gasteiger partial charge in [-0.05, 0) is 35.0 Å². The molecule has 1 aromatic carbocycles. The van der Waals surface area contributed by atoms with Crippen LogP contribution in [0.25, 0.3) is 11.0 Å². The van der Waals surface area contributed by atoms with E-state index in [1.807, 2.05) is 22.9 Å². The Labute approximate surface area is 162 Å². The third kappa shape index (κ3) is 3.08. The van der Waals surface area contributed by atoms with Crippen LogP contribution in [0, 0.1) is 0 Å². The minimum absolute atomic E-state index is 0.0588. The fourth-order valence-corrected chi connectivity index (χ4v) is 6.16. The standard InChI is InChI=1S/C16H13N3O3S4/c20-16(13-6-2-8-23-13,14-7-3-9-24-14)10-17-26(21,22)12-5-1-4-11-15(12)19-25-18-11/h1-9,17,20H,10H2. The van der Waals surface area contributed by atoms with Crippen LogP contribution >= 0.6 is 34.4 Å². The molecule has 0 aliphatic rings. The number of nitrogens with one attached hydrogen (secondary N) is 1. The van der Waals surface area contributed by atoms with Crippen LogP contribution in [0.5, 0.6) is 0 Å². The Hall–Kier alpha value is -1.69. The number of nitrogens with zero attached hydrogens (tertiary/aromatic N) is 2. The average molecular weight is 424 g/mol. The van der Waals surface area contributed by atoms with Crippen molar-refractivity contribution in [2.24, 2.45) is 0 Å². The predicted octanol–water partition coefficient (Wildman–Crippen LogP) is 3.03. The number of aromatic nitrogens is 2. The minimum Gasteiger partial charge on any atom is -0.377 e. The highest BCUT2D eigenvalue weighted by Gasteiger charge is 2.35. The first-order valence-electron chi connectivity index (χ1n) is 7.52. The Morgan fingerprint density at radius 2 is 1.69 bits per heavy atom. The monoisotopic (exact) mass is 423 g/mol. The van der Waals surface area contributed by atoms with Crippen LogP contribution < -0.4 is 4.72 Å². The highest BCUT2D eigenvalue weighted by Crippen LogP contribution is 2.35. The van der Waals surface area contributed by atoms with E-state index < -0.39 is 15.6 Å². The molecule has 0 fully saturated rings. The van der Waals surface area contributed by atoms with Gasteiger partial charge in [-0.2, -0.15) is 8.75 Å². The fraction of sp³-hybridized carbons (Fsp3) is 0.125. The Morgan fingerprint density at radius 3 is 2.31 bits per heavy atom. The summed E-state index contributed by atoms with van der Waals surface area (Å²) in [5.41, 5.74) is -0.561. The topological polar surface area (TPSA) is 92.2 Å². The Bertz CT molecular complexity index is 1080. The van der Waals surface area contributed by atoms with Crippen LogP contribution in [-0.2, 0) is 15.6 Å². The molecule has 0 spiro atoms. The quantitative estimate of drug-likeness (QED) is 0.497. The van der Waals surface area contributed by atoms with E-state index in [4.69, 9.17) is 0 Å². The SMILES string of the molecule is O=S(=O)(NCC(O)(c1cccs1)c1cccs1)c1cccc2nsnc12. The number of hydrogen-bond donors (Lipinski definition) is 2. The third-order valence-electron chi connectivity index (χ3n) is 3.91.